The Morgan fingerprint density at radius 2 is 2.16 bits per heavy atom. The van der Waals surface area contributed by atoms with E-state index >= 15 is 0 Å². The molecule has 0 radical (unpaired) electrons. The van der Waals surface area contributed by atoms with E-state index in [0.717, 1.165) is 11.3 Å². The van der Waals surface area contributed by atoms with Crippen LogP contribution in [0.4, 0.5) is 15.6 Å². The average molecular weight is 272 g/mol. The molecule has 1 aromatic heterocycles. The van der Waals surface area contributed by atoms with Crippen molar-refractivity contribution < 1.29 is 4.79 Å². The summed E-state index contributed by atoms with van der Waals surface area (Å²) in [6, 6.07) is 6.99. The Morgan fingerprint density at radius 1 is 1.42 bits per heavy atom. The van der Waals surface area contributed by atoms with Gasteiger partial charge in [0.1, 0.15) is 0 Å². The van der Waals surface area contributed by atoms with Crippen LogP contribution in [-0.4, -0.2) is 17.6 Å². The highest BCUT2D eigenvalue weighted by Gasteiger charge is 2.04. The molecule has 1 aromatic carbocycles. The van der Waals surface area contributed by atoms with Gasteiger partial charge in [-0.15, -0.1) is 17.8 Å². The predicted molar refractivity (Wildman–Crippen MR) is 77.8 cm³/mol. The van der Waals surface area contributed by atoms with Crippen molar-refractivity contribution in [2.75, 3.05) is 17.6 Å². The second-order valence-electron chi connectivity index (χ2n) is 3.66. The Morgan fingerprint density at radius 3 is 2.74 bits per heavy atom. The largest absolute Gasteiger partial charge is 0.375 e. The molecule has 0 saturated carbocycles. The minimum absolute atomic E-state index is 0.196. The summed E-state index contributed by atoms with van der Waals surface area (Å²) in [6.07, 6.45) is 5.05. The summed E-state index contributed by atoms with van der Waals surface area (Å²) in [5, 5.41) is 7.61. The van der Waals surface area contributed by atoms with Crippen LogP contribution in [0.15, 0.2) is 29.6 Å². The number of nitrogens with zero attached hydrogens (tertiary/aromatic N) is 1. The summed E-state index contributed by atoms with van der Waals surface area (Å²) in [5.41, 5.74) is 8.04. The first-order valence-electron chi connectivity index (χ1n) is 5.49. The van der Waals surface area contributed by atoms with Gasteiger partial charge in [0.15, 0.2) is 5.13 Å². The maximum Gasteiger partial charge on any atom is 0.319 e. The van der Waals surface area contributed by atoms with Crippen molar-refractivity contribution in [3.63, 3.8) is 0 Å². The lowest BCUT2D eigenvalue weighted by Crippen LogP contribution is -2.28. The van der Waals surface area contributed by atoms with Crippen LogP contribution in [0, 0.1) is 12.3 Å². The number of rotatable bonds is 3. The smallest absolute Gasteiger partial charge is 0.319 e. The van der Waals surface area contributed by atoms with Crippen LogP contribution in [0.2, 0.25) is 0 Å². The molecule has 1 heterocycles. The Labute approximate surface area is 114 Å². The van der Waals surface area contributed by atoms with E-state index in [1.807, 2.05) is 17.5 Å². The number of nitrogens with one attached hydrogen (secondary N) is 2. The number of aromatic nitrogens is 1. The summed E-state index contributed by atoms with van der Waals surface area (Å²) < 4.78 is 0. The van der Waals surface area contributed by atoms with Gasteiger partial charge in [0, 0.05) is 16.6 Å². The van der Waals surface area contributed by atoms with E-state index < -0.39 is 0 Å². The van der Waals surface area contributed by atoms with E-state index in [0.29, 0.717) is 10.8 Å². The lowest BCUT2D eigenvalue weighted by molar-refractivity contribution is 0.253. The highest BCUT2D eigenvalue weighted by molar-refractivity contribution is 7.13. The topological polar surface area (TPSA) is 80.0 Å². The number of urea groups is 1. The van der Waals surface area contributed by atoms with Gasteiger partial charge < -0.3 is 16.4 Å². The first kappa shape index (κ1) is 12.9. The van der Waals surface area contributed by atoms with Crippen molar-refractivity contribution in [2.24, 2.45) is 0 Å². The van der Waals surface area contributed by atoms with Crippen LogP contribution in [-0.2, 0) is 0 Å². The first-order valence-corrected chi connectivity index (χ1v) is 6.37. The van der Waals surface area contributed by atoms with E-state index in [1.165, 1.54) is 11.3 Å². The molecule has 0 aliphatic carbocycles. The van der Waals surface area contributed by atoms with Crippen molar-refractivity contribution in [3.8, 4) is 23.6 Å². The number of hydrogen-bond acceptors (Lipinski definition) is 4. The summed E-state index contributed by atoms with van der Waals surface area (Å²) in [5.74, 6) is 2.33. The standard InChI is InChI=1S/C13H12N4OS/c1-2-7-15-13(18)16-10-5-3-9(4-6-10)11-8-19-12(14)17-11/h1,3-6,8H,7H2,(H2,14,17)(H2,15,16,18). The fourth-order valence-corrected chi connectivity index (χ4v) is 2.02. The van der Waals surface area contributed by atoms with Gasteiger partial charge >= 0.3 is 6.03 Å². The minimum Gasteiger partial charge on any atom is -0.375 e. The fraction of sp³-hybridized carbons (Fsp3) is 0.0769. The van der Waals surface area contributed by atoms with Crippen LogP contribution >= 0.6 is 11.3 Å². The van der Waals surface area contributed by atoms with Crippen LogP contribution < -0.4 is 16.4 Å². The Bertz CT molecular complexity index is 612. The normalized spacial score (nSPS) is 9.63. The molecule has 0 spiro atoms. The first-order chi connectivity index (χ1) is 9.19. The molecule has 2 amide bonds. The van der Waals surface area contributed by atoms with Gasteiger partial charge in [0.25, 0.3) is 0 Å². The molecule has 4 N–H and O–H groups in total. The van der Waals surface area contributed by atoms with Crippen LogP contribution in [0.25, 0.3) is 11.3 Å². The lowest BCUT2D eigenvalue weighted by Gasteiger charge is -2.05. The van der Waals surface area contributed by atoms with Gasteiger partial charge in [0.2, 0.25) is 0 Å². The Balaban J connectivity index is 2.03. The Hall–Kier alpha value is -2.52. The van der Waals surface area contributed by atoms with E-state index in [9.17, 15) is 4.79 Å². The number of thiazole rings is 1. The van der Waals surface area contributed by atoms with E-state index in [2.05, 4.69) is 21.5 Å². The van der Waals surface area contributed by atoms with Crippen molar-refractivity contribution in [3.05, 3.63) is 29.6 Å². The predicted octanol–water partition coefficient (Wildman–Crippen LogP) is 2.15. The third kappa shape index (κ3) is 3.47. The lowest BCUT2D eigenvalue weighted by atomic mass is 10.1. The number of nitrogens with two attached hydrogens (primary N) is 1. The molecule has 2 rings (SSSR count). The van der Waals surface area contributed by atoms with Crippen LogP contribution in [0.5, 0.6) is 0 Å². The Kier molecular flexibility index (Phi) is 4.00. The molecule has 0 bridgehead atoms. The number of carbonyl (C=O) groups excluding carboxylic acids is 1. The van der Waals surface area contributed by atoms with Crippen molar-refractivity contribution in [1.82, 2.24) is 10.3 Å². The summed E-state index contributed by atoms with van der Waals surface area (Å²) in [7, 11) is 0. The van der Waals surface area contributed by atoms with Crippen molar-refractivity contribution in [2.45, 2.75) is 0 Å². The maximum absolute atomic E-state index is 11.4. The quantitative estimate of drug-likeness (QED) is 0.749. The van der Waals surface area contributed by atoms with Gasteiger partial charge in [-0.1, -0.05) is 18.1 Å². The molecule has 0 aliphatic heterocycles. The highest BCUT2D eigenvalue weighted by Crippen LogP contribution is 2.24. The molecule has 96 valence electrons. The van der Waals surface area contributed by atoms with Gasteiger partial charge in [-0.3, -0.25) is 0 Å². The third-order valence-electron chi connectivity index (χ3n) is 2.31. The fourth-order valence-electron chi connectivity index (χ4n) is 1.45. The van der Waals surface area contributed by atoms with Crippen molar-refractivity contribution in [1.29, 1.82) is 0 Å². The number of anilines is 2. The average Bonchev–Trinajstić information content (AvgIpc) is 2.84. The number of nitrogen functional groups attached to an aromatic ring is 1. The number of hydrogen-bond donors (Lipinski definition) is 3. The molecule has 19 heavy (non-hydrogen) atoms. The summed E-state index contributed by atoms with van der Waals surface area (Å²) in [6.45, 7) is 0.196. The number of carbonyl (C=O) groups is 1. The van der Waals surface area contributed by atoms with Gasteiger partial charge in [-0.2, -0.15) is 0 Å². The number of benzene rings is 1. The summed E-state index contributed by atoms with van der Waals surface area (Å²) >= 11 is 1.39. The van der Waals surface area contributed by atoms with E-state index in [1.54, 1.807) is 12.1 Å². The maximum atomic E-state index is 11.4. The highest BCUT2D eigenvalue weighted by atomic mass is 32.1. The minimum atomic E-state index is -0.330. The molecule has 6 heteroatoms. The molecule has 2 aromatic rings. The molecule has 0 unspecified atom stereocenters. The number of amides is 2. The monoisotopic (exact) mass is 272 g/mol. The molecular formula is C13H12N4OS. The molecule has 0 saturated heterocycles. The molecule has 0 atom stereocenters. The van der Waals surface area contributed by atoms with Crippen LogP contribution in [0.3, 0.4) is 0 Å². The molecular weight excluding hydrogens is 260 g/mol. The molecule has 0 fully saturated rings. The van der Waals surface area contributed by atoms with E-state index in [4.69, 9.17) is 12.2 Å². The zero-order chi connectivity index (χ0) is 13.7. The van der Waals surface area contributed by atoms with Crippen molar-refractivity contribution >= 4 is 28.2 Å². The third-order valence-corrected chi connectivity index (χ3v) is 2.99. The second-order valence-corrected chi connectivity index (χ2v) is 4.55. The van der Waals surface area contributed by atoms with Gasteiger partial charge in [-0.05, 0) is 12.1 Å². The zero-order valence-electron chi connectivity index (χ0n) is 10.0. The van der Waals surface area contributed by atoms with Gasteiger partial charge in [-0.25, -0.2) is 9.78 Å². The SMILES string of the molecule is C#CCNC(=O)Nc1ccc(-c2csc(N)n2)cc1. The molecule has 0 aliphatic rings. The van der Waals surface area contributed by atoms with Crippen LogP contribution in [0.1, 0.15) is 0 Å². The van der Waals surface area contributed by atoms with Gasteiger partial charge in [0.05, 0.1) is 12.2 Å². The number of terminal acetylenes is 1. The second kappa shape index (κ2) is 5.89. The zero-order valence-corrected chi connectivity index (χ0v) is 10.8. The summed E-state index contributed by atoms with van der Waals surface area (Å²) in [4.78, 5) is 15.6. The molecule has 5 nitrogen and oxygen atoms in total. The van der Waals surface area contributed by atoms with E-state index in [-0.39, 0.29) is 12.6 Å².